The summed E-state index contributed by atoms with van der Waals surface area (Å²) in [5, 5.41) is 4.06. The van der Waals surface area contributed by atoms with Gasteiger partial charge in [-0.15, -0.1) is 0 Å². The first kappa shape index (κ1) is 11.0. The Morgan fingerprint density at radius 3 is 2.94 bits per heavy atom. The van der Waals surface area contributed by atoms with E-state index in [1.807, 2.05) is 0 Å². The lowest BCUT2D eigenvalue weighted by Crippen LogP contribution is -2.30. The molecule has 4 heteroatoms. The number of nitrogens with zero attached hydrogens (tertiary/aromatic N) is 2. The van der Waals surface area contributed by atoms with E-state index in [0.717, 1.165) is 6.42 Å². The van der Waals surface area contributed by atoms with E-state index >= 15 is 0 Å². The number of ketones is 2. The molecule has 16 heavy (non-hydrogen) atoms. The van der Waals surface area contributed by atoms with Crippen molar-refractivity contribution in [1.29, 1.82) is 0 Å². The van der Waals surface area contributed by atoms with Crippen molar-refractivity contribution in [3.63, 3.8) is 0 Å². The van der Waals surface area contributed by atoms with E-state index in [4.69, 9.17) is 0 Å². The van der Waals surface area contributed by atoms with Crippen LogP contribution in [0.2, 0.25) is 0 Å². The van der Waals surface area contributed by atoms with Crippen LogP contribution in [0.1, 0.15) is 36.7 Å². The van der Waals surface area contributed by atoms with Gasteiger partial charge < -0.3 is 0 Å². The van der Waals surface area contributed by atoms with Crippen molar-refractivity contribution in [2.24, 2.45) is 18.9 Å². The Balaban J connectivity index is 2.17. The minimum Gasteiger partial charge on any atom is -0.299 e. The van der Waals surface area contributed by atoms with E-state index < -0.39 is 5.92 Å². The molecular formula is C12H16N2O2. The van der Waals surface area contributed by atoms with Gasteiger partial charge in [0.2, 0.25) is 0 Å². The maximum absolute atomic E-state index is 12.1. The molecule has 0 aromatic carbocycles. The zero-order chi connectivity index (χ0) is 11.7. The van der Waals surface area contributed by atoms with Crippen LogP contribution in [0.15, 0.2) is 12.3 Å². The molecule has 1 aliphatic carbocycles. The summed E-state index contributed by atoms with van der Waals surface area (Å²) in [6.45, 7) is 2.09. The van der Waals surface area contributed by atoms with E-state index in [1.165, 1.54) is 0 Å². The van der Waals surface area contributed by atoms with Crippen molar-refractivity contribution >= 4 is 11.6 Å². The van der Waals surface area contributed by atoms with Gasteiger partial charge in [-0.2, -0.15) is 5.10 Å². The summed E-state index contributed by atoms with van der Waals surface area (Å²) in [6.07, 6.45) is 3.84. The van der Waals surface area contributed by atoms with Crippen LogP contribution in [0.3, 0.4) is 0 Å². The van der Waals surface area contributed by atoms with Crippen LogP contribution in [0.25, 0.3) is 0 Å². The van der Waals surface area contributed by atoms with Crippen LogP contribution in [-0.2, 0) is 11.8 Å². The number of Topliss-reactive ketones (excluding diaryl/α,β-unsaturated/α-hetero) is 2. The molecule has 0 bridgehead atoms. The zero-order valence-electron chi connectivity index (χ0n) is 9.64. The highest BCUT2D eigenvalue weighted by Gasteiger charge is 2.33. The second-order valence-corrected chi connectivity index (χ2v) is 4.64. The van der Waals surface area contributed by atoms with Crippen LogP contribution >= 0.6 is 0 Å². The van der Waals surface area contributed by atoms with Crippen molar-refractivity contribution < 1.29 is 9.59 Å². The molecule has 0 saturated heterocycles. The molecule has 0 spiro atoms. The molecule has 0 N–H and O–H groups in total. The van der Waals surface area contributed by atoms with Gasteiger partial charge in [0.1, 0.15) is 11.5 Å². The first-order valence-electron chi connectivity index (χ1n) is 5.64. The summed E-state index contributed by atoms with van der Waals surface area (Å²) < 4.78 is 1.59. The maximum Gasteiger partial charge on any atom is 0.193 e. The second-order valence-electron chi connectivity index (χ2n) is 4.64. The largest absolute Gasteiger partial charge is 0.299 e. The van der Waals surface area contributed by atoms with Gasteiger partial charge in [0.15, 0.2) is 5.78 Å². The number of carbonyl (C=O) groups excluding carboxylic acids is 2. The number of aromatic nitrogens is 2. The normalized spacial score (nSPS) is 25.8. The summed E-state index contributed by atoms with van der Waals surface area (Å²) in [5.41, 5.74) is 0.412. The average Bonchev–Trinajstić information content (AvgIpc) is 2.67. The minimum atomic E-state index is -0.460. The van der Waals surface area contributed by atoms with E-state index in [0.29, 0.717) is 24.5 Å². The van der Waals surface area contributed by atoms with Crippen LogP contribution in [0, 0.1) is 11.8 Å². The molecule has 0 aliphatic heterocycles. The maximum atomic E-state index is 12.1. The number of hydrogen-bond acceptors (Lipinski definition) is 3. The molecule has 1 saturated carbocycles. The fourth-order valence-electron chi connectivity index (χ4n) is 2.19. The smallest absolute Gasteiger partial charge is 0.193 e. The summed E-state index contributed by atoms with van der Waals surface area (Å²) >= 11 is 0. The van der Waals surface area contributed by atoms with Gasteiger partial charge in [-0.1, -0.05) is 6.92 Å². The van der Waals surface area contributed by atoms with Gasteiger partial charge in [-0.05, 0) is 24.8 Å². The van der Waals surface area contributed by atoms with Gasteiger partial charge in [0, 0.05) is 19.7 Å². The Labute approximate surface area is 94.6 Å². The monoisotopic (exact) mass is 220 g/mol. The standard InChI is InChI=1S/C12H16N2O2/c1-8-3-4-11(15)9(7-8)12(16)10-5-6-14(2)13-10/h5-6,8-9H,3-4,7H2,1-2H3. The number of carbonyl (C=O) groups is 2. The van der Waals surface area contributed by atoms with E-state index in [1.54, 1.807) is 24.0 Å². The van der Waals surface area contributed by atoms with Gasteiger partial charge in [-0.3, -0.25) is 14.3 Å². The van der Waals surface area contributed by atoms with Crippen LogP contribution in [0.4, 0.5) is 0 Å². The third-order valence-corrected chi connectivity index (χ3v) is 3.19. The van der Waals surface area contributed by atoms with E-state index in [2.05, 4.69) is 12.0 Å². The SMILES string of the molecule is CC1CCC(=O)C(C(=O)c2ccn(C)n2)C1. The van der Waals surface area contributed by atoms with Crippen molar-refractivity contribution in [3.8, 4) is 0 Å². The van der Waals surface area contributed by atoms with Gasteiger partial charge in [0.05, 0.1) is 5.92 Å². The molecule has 86 valence electrons. The average molecular weight is 220 g/mol. The first-order chi connectivity index (χ1) is 7.58. The molecule has 4 nitrogen and oxygen atoms in total. The molecule has 2 atom stereocenters. The Kier molecular flexibility index (Phi) is 2.90. The summed E-state index contributed by atoms with van der Waals surface area (Å²) in [4.78, 5) is 23.8. The van der Waals surface area contributed by atoms with Crippen LogP contribution in [0.5, 0.6) is 0 Å². The highest BCUT2D eigenvalue weighted by molar-refractivity contribution is 6.10. The molecule has 1 aliphatic rings. The Hall–Kier alpha value is -1.45. The molecular weight excluding hydrogens is 204 g/mol. The van der Waals surface area contributed by atoms with Crippen LogP contribution < -0.4 is 0 Å². The van der Waals surface area contributed by atoms with Crippen molar-refractivity contribution in [3.05, 3.63) is 18.0 Å². The lowest BCUT2D eigenvalue weighted by atomic mass is 9.78. The molecule has 0 amide bonds. The molecule has 1 aromatic rings. The lowest BCUT2D eigenvalue weighted by Gasteiger charge is -2.23. The van der Waals surface area contributed by atoms with Crippen molar-refractivity contribution in [2.45, 2.75) is 26.2 Å². The summed E-state index contributed by atoms with van der Waals surface area (Å²) in [6, 6.07) is 1.68. The predicted molar refractivity (Wildman–Crippen MR) is 59.1 cm³/mol. The molecule has 0 radical (unpaired) electrons. The highest BCUT2D eigenvalue weighted by Crippen LogP contribution is 2.28. The third kappa shape index (κ3) is 2.05. The van der Waals surface area contributed by atoms with E-state index in [-0.39, 0.29) is 11.6 Å². The molecule has 2 rings (SSSR count). The van der Waals surface area contributed by atoms with Gasteiger partial charge in [-0.25, -0.2) is 0 Å². The third-order valence-electron chi connectivity index (χ3n) is 3.19. The number of hydrogen-bond donors (Lipinski definition) is 0. The number of aryl methyl sites for hydroxylation is 1. The predicted octanol–water partition coefficient (Wildman–Crippen LogP) is 1.61. The Bertz CT molecular complexity index is 422. The fourth-order valence-corrected chi connectivity index (χ4v) is 2.19. The van der Waals surface area contributed by atoms with Gasteiger partial charge in [0.25, 0.3) is 0 Å². The summed E-state index contributed by atoms with van der Waals surface area (Å²) in [5.74, 6) is -0.0417. The van der Waals surface area contributed by atoms with Crippen molar-refractivity contribution in [1.82, 2.24) is 9.78 Å². The molecule has 1 fully saturated rings. The Morgan fingerprint density at radius 2 is 2.31 bits per heavy atom. The van der Waals surface area contributed by atoms with Crippen molar-refractivity contribution in [2.75, 3.05) is 0 Å². The van der Waals surface area contributed by atoms with Gasteiger partial charge >= 0.3 is 0 Å². The van der Waals surface area contributed by atoms with Crippen LogP contribution in [-0.4, -0.2) is 21.3 Å². The molecule has 1 aromatic heterocycles. The number of rotatable bonds is 2. The minimum absolute atomic E-state index is 0.0775. The van der Waals surface area contributed by atoms with E-state index in [9.17, 15) is 9.59 Å². The molecule has 1 heterocycles. The summed E-state index contributed by atoms with van der Waals surface area (Å²) in [7, 11) is 1.77. The lowest BCUT2D eigenvalue weighted by molar-refractivity contribution is -0.123. The Morgan fingerprint density at radius 1 is 1.56 bits per heavy atom. The second kappa shape index (κ2) is 4.20. The quantitative estimate of drug-likeness (QED) is 0.562. The highest BCUT2D eigenvalue weighted by atomic mass is 16.2. The molecule has 2 unspecified atom stereocenters. The first-order valence-corrected chi connectivity index (χ1v) is 5.64. The fraction of sp³-hybridized carbons (Fsp3) is 0.583. The topological polar surface area (TPSA) is 52.0 Å². The zero-order valence-corrected chi connectivity index (χ0v) is 9.64.